The predicted molar refractivity (Wildman–Crippen MR) is 363 cm³/mol. The lowest BCUT2D eigenvalue weighted by atomic mass is 9.63. The predicted octanol–water partition coefficient (Wildman–Crippen LogP) is 20.5. The van der Waals surface area contributed by atoms with Crippen molar-refractivity contribution >= 4 is 91.9 Å². The van der Waals surface area contributed by atoms with E-state index in [-0.39, 0.29) is 0 Å². The maximum atomic E-state index is 6.19. The molecule has 0 bridgehead atoms. The van der Waals surface area contributed by atoms with Crippen LogP contribution in [-0.4, -0.2) is 0 Å². The maximum absolute atomic E-state index is 6.19. The minimum absolute atomic E-state index is 0.845. The van der Waals surface area contributed by atoms with Gasteiger partial charge in [0, 0.05) is 41.8 Å². The van der Waals surface area contributed by atoms with Crippen LogP contribution in [0.4, 0.5) is 0 Å². The highest BCUT2D eigenvalue weighted by atomic mass is 32.1. The van der Waals surface area contributed by atoms with Crippen molar-refractivity contribution in [3.05, 3.63) is 324 Å². The fourth-order valence-corrected chi connectivity index (χ4v) is 16.2. The summed E-state index contributed by atoms with van der Waals surface area (Å²) >= 11 is 6.94. The van der Waals surface area contributed by atoms with Crippen LogP contribution in [0.15, 0.2) is 216 Å². The number of hydrogen-bond acceptors (Lipinski definition) is 4. The first-order chi connectivity index (χ1) is 41.9. The van der Waals surface area contributed by atoms with Gasteiger partial charge in [0.15, 0.2) is 0 Å². The molecule has 85 heavy (non-hydrogen) atoms. The fourth-order valence-electron chi connectivity index (χ4n) is 13.6. The van der Waals surface area contributed by atoms with Crippen molar-refractivity contribution in [2.24, 2.45) is 0 Å². The molecule has 4 aliphatic carbocycles. The number of terminal acetylenes is 4. The average Bonchev–Trinajstić information content (AvgIpc) is 1.94. The Labute approximate surface area is 511 Å². The zero-order chi connectivity index (χ0) is 56.9. The molecule has 0 spiro atoms. The molecule has 16 rings (SSSR count). The Kier molecular flexibility index (Phi) is 11.9. The van der Waals surface area contributed by atoms with Crippen molar-refractivity contribution in [3.8, 4) is 93.9 Å². The van der Waals surface area contributed by atoms with E-state index in [0.717, 1.165) is 134 Å². The van der Waals surface area contributed by atoms with Crippen molar-refractivity contribution in [2.45, 2.75) is 5.41 Å². The van der Waals surface area contributed by atoms with Crippen molar-refractivity contribution in [3.63, 3.8) is 0 Å². The van der Waals surface area contributed by atoms with Gasteiger partial charge in [0.1, 0.15) is 0 Å². The number of benzene rings is 8. The van der Waals surface area contributed by atoms with Gasteiger partial charge in [0.25, 0.3) is 0 Å². The molecule has 4 aliphatic rings. The Balaban J connectivity index is 1.04. The Hall–Kier alpha value is -10.2. The third-order valence-electron chi connectivity index (χ3n) is 17.4. The standard InChI is InChI=1S/C81H44S4/c1-5-49-17-25-61-65-29-21-53(41-73(65)77(69(61)37-49)45-57-13-9-33-82-57)81(54-22-30-66-62-26-18-50(6-2)38-70(62)78(74(66)42-54)46-58-14-10-34-83-58,55-23-31-67-63-27-19-51(7-3)39-71(63)79(75(67)43-55)47-59-15-11-35-84-59)56-24-32-68-64-28-20-52(8-4)40-72(64)80(76(68)44-56)48-60-16-12-36-85-60/h1-4,9-48H/b77-45+,78-46+,79-47+,80-48+. The first-order valence-electron chi connectivity index (χ1n) is 27.9. The molecular formula is C81H44S4. The molecule has 0 nitrogen and oxygen atoms in total. The molecule has 8 aromatic carbocycles. The molecule has 0 fully saturated rings. The van der Waals surface area contributed by atoms with Crippen molar-refractivity contribution in [1.29, 1.82) is 0 Å². The van der Waals surface area contributed by atoms with Gasteiger partial charge in [-0.1, -0.05) is 121 Å². The molecule has 0 aliphatic heterocycles. The second kappa shape index (κ2) is 20.0. The lowest BCUT2D eigenvalue weighted by Crippen LogP contribution is -2.31. The van der Waals surface area contributed by atoms with Crippen molar-refractivity contribution in [1.82, 2.24) is 0 Å². The second-order valence-corrected chi connectivity index (χ2v) is 25.6. The Morgan fingerprint density at radius 1 is 0.247 bits per heavy atom. The third-order valence-corrected chi connectivity index (χ3v) is 20.6. The van der Waals surface area contributed by atoms with Crippen molar-refractivity contribution < 1.29 is 0 Å². The molecule has 0 unspecified atom stereocenters. The summed E-state index contributed by atoms with van der Waals surface area (Å²) in [5.41, 5.74) is 29.8. The molecule has 4 aromatic heterocycles. The van der Waals surface area contributed by atoms with Crippen LogP contribution in [0.2, 0.25) is 0 Å². The molecule has 0 amide bonds. The number of hydrogen-bond donors (Lipinski definition) is 0. The quantitative estimate of drug-likeness (QED) is 0.105. The normalized spacial score (nSPS) is 14.6. The van der Waals surface area contributed by atoms with Crippen LogP contribution in [0.5, 0.6) is 0 Å². The smallest absolute Gasteiger partial charge is 0.0702 e. The van der Waals surface area contributed by atoms with Gasteiger partial charge in [0.2, 0.25) is 0 Å². The number of thiophene rings is 4. The van der Waals surface area contributed by atoms with Gasteiger partial charge in [-0.25, -0.2) is 0 Å². The third kappa shape index (κ3) is 8.01. The second-order valence-electron chi connectivity index (χ2n) is 21.7. The minimum atomic E-state index is -0.993. The zero-order valence-corrected chi connectivity index (χ0v) is 48.8. The van der Waals surface area contributed by atoms with Gasteiger partial charge >= 0.3 is 0 Å². The SMILES string of the molecule is C#Cc1ccc2c(c1)/C(=C\c1cccs1)c1cc(C(c3ccc4c(c3)/C(=C/c3cccs3)c3cc(C#C)ccc3-4)(c3ccc4c(c3)/C(=C/c3cccs3)c3cc(C#C)ccc3-4)c3ccc4c(c3)/C(=C/c3cccs3)c3cc(C#C)ccc3-4)ccc1-2. The van der Waals surface area contributed by atoms with Crippen LogP contribution in [0.1, 0.15) is 109 Å². The van der Waals surface area contributed by atoms with E-state index in [1.807, 2.05) is 0 Å². The summed E-state index contributed by atoms with van der Waals surface area (Å²) in [6.07, 6.45) is 34.1. The highest BCUT2D eigenvalue weighted by Crippen LogP contribution is 2.57. The van der Waals surface area contributed by atoms with Crippen LogP contribution in [0.3, 0.4) is 0 Å². The molecule has 0 saturated heterocycles. The van der Waals surface area contributed by atoms with E-state index in [9.17, 15) is 0 Å². The van der Waals surface area contributed by atoms with E-state index in [2.05, 4.69) is 264 Å². The van der Waals surface area contributed by atoms with Crippen LogP contribution in [-0.2, 0) is 5.41 Å². The highest BCUT2D eigenvalue weighted by Gasteiger charge is 2.43. The molecule has 4 heteroatoms. The van der Waals surface area contributed by atoms with Crippen LogP contribution in [0.25, 0.3) is 91.1 Å². The van der Waals surface area contributed by atoms with Gasteiger partial charge in [-0.05, 0) is 276 Å². The fraction of sp³-hybridized carbons (Fsp3) is 0.0123. The van der Waals surface area contributed by atoms with E-state index < -0.39 is 5.41 Å². The van der Waals surface area contributed by atoms with E-state index >= 15 is 0 Å². The monoisotopic (exact) mass is 1140 g/mol. The van der Waals surface area contributed by atoms with Crippen LogP contribution >= 0.6 is 45.3 Å². The number of rotatable bonds is 8. The number of fused-ring (bicyclic) bond motifs is 12. The summed E-state index contributed by atoms with van der Waals surface area (Å²) in [5.74, 6) is 11.8. The molecule has 0 radical (unpaired) electrons. The lowest BCUT2D eigenvalue weighted by Gasteiger charge is -2.38. The Bertz CT molecular complexity index is 4480. The Morgan fingerprint density at radius 2 is 0.459 bits per heavy atom. The first kappa shape index (κ1) is 50.5. The molecule has 4 heterocycles. The van der Waals surface area contributed by atoms with E-state index in [4.69, 9.17) is 25.7 Å². The average molecular weight is 1150 g/mol. The van der Waals surface area contributed by atoms with E-state index in [0.29, 0.717) is 0 Å². The summed E-state index contributed by atoms with van der Waals surface area (Å²) in [6.45, 7) is 0. The molecule has 0 N–H and O–H groups in total. The zero-order valence-electron chi connectivity index (χ0n) is 45.5. The van der Waals surface area contributed by atoms with E-state index in [1.165, 1.54) is 41.8 Å². The summed E-state index contributed by atoms with van der Waals surface area (Å²) in [5, 5.41) is 8.57. The summed E-state index contributed by atoms with van der Waals surface area (Å²) in [4.78, 5) is 4.67. The summed E-state index contributed by atoms with van der Waals surface area (Å²) < 4.78 is 0. The molecule has 392 valence electrons. The topological polar surface area (TPSA) is 0 Å². The Morgan fingerprint density at radius 3 is 0.659 bits per heavy atom. The van der Waals surface area contributed by atoms with Gasteiger partial charge in [-0.15, -0.1) is 71.0 Å². The highest BCUT2D eigenvalue weighted by molar-refractivity contribution is 7.11. The summed E-state index contributed by atoms with van der Waals surface area (Å²) in [7, 11) is 0. The summed E-state index contributed by atoms with van der Waals surface area (Å²) in [6, 6.07) is 72.0. The van der Waals surface area contributed by atoms with E-state index in [1.54, 1.807) is 45.3 Å². The maximum Gasteiger partial charge on any atom is 0.0702 e. The first-order valence-corrected chi connectivity index (χ1v) is 31.5. The van der Waals surface area contributed by atoms with Gasteiger partial charge < -0.3 is 0 Å². The van der Waals surface area contributed by atoms with Crippen LogP contribution in [0, 0.1) is 49.4 Å². The van der Waals surface area contributed by atoms with Crippen LogP contribution < -0.4 is 0 Å². The molecule has 0 atom stereocenters. The largest absolute Gasteiger partial charge is 0.144 e. The minimum Gasteiger partial charge on any atom is -0.144 e. The lowest BCUT2D eigenvalue weighted by molar-refractivity contribution is 0.744. The van der Waals surface area contributed by atoms with Gasteiger partial charge in [0.05, 0.1) is 5.41 Å². The van der Waals surface area contributed by atoms with Gasteiger partial charge in [-0.3, -0.25) is 0 Å². The molecule has 12 aromatic rings. The van der Waals surface area contributed by atoms with Gasteiger partial charge in [-0.2, -0.15) is 0 Å². The van der Waals surface area contributed by atoms with Crippen molar-refractivity contribution in [2.75, 3.05) is 0 Å². The molecular weight excluding hydrogens is 1100 g/mol. The molecule has 0 saturated carbocycles.